The molecule has 0 bridgehead atoms. The van der Waals surface area contributed by atoms with Crippen molar-refractivity contribution in [2.45, 2.75) is 26.6 Å². The van der Waals surface area contributed by atoms with Crippen molar-refractivity contribution in [3.05, 3.63) is 35.4 Å². The van der Waals surface area contributed by atoms with Gasteiger partial charge in [0.2, 0.25) is 5.91 Å². The van der Waals surface area contributed by atoms with Crippen molar-refractivity contribution in [2.24, 2.45) is 10.9 Å². The van der Waals surface area contributed by atoms with E-state index in [1.807, 2.05) is 13.8 Å². The molecule has 0 fully saturated rings. The number of hydrogen-bond donors (Lipinski definition) is 2. The summed E-state index contributed by atoms with van der Waals surface area (Å²) in [6.45, 7) is 5.02. The molecule has 2 N–H and O–H groups in total. The van der Waals surface area contributed by atoms with Gasteiger partial charge in [-0.3, -0.25) is 9.79 Å². The summed E-state index contributed by atoms with van der Waals surface area (Å²) in [5.74, 6) is 0.509. The van der Waals surface area contributed by atoms with E-state index in [-0.39, 0.29) is 35.8 Å². The lowest BCUT2D eigenvalue weighted by Crippen LogP contribution is -2.42. The number of carbonyl (C=O) groups is 1. The van der Waals surface area contributed by atoms with Crippen molar-refractivity contribution >= 4 is 35.8 Å². The van der Waals surface area contributed by atoms with Gasteiger partial charge in [-0.1, -0.05) is 26.0 Å². The summed E-state index contributed by atoms with van der Waals surface area (Å²) in [5.41, 5.74) is 0.0777. The standard InChI is InChI=1S/C17H25F3N4O.HI/c1-12(2)15(25)22-9-10-23-16(21-3)24(4)11-13-5-7-14(8-6-13)17(18,19)20;/h5-8,12H,9-11H2,1-4H3,(H,21,23)(H,22,25);1H. The molecule has 26 heavy (non-hydrogen) atoms. The topological polar surface area (TPSA) is 56.7 Å². The van der Waals surface area contributed by atoms with E-state index in [0.29, 0.717) is 25.6 Å². The van der Waals surface area contributed by atoms with Crippen molar-refractivity contribution < 1.29 is 18.0 Å². The first-order valence-electron chi connectivity index (χ1n) is 8.00. The van der Waals surface area contributed by atoms with Gasteiger partial charge in [-0.15, -0.1) is 24.0 Å². The smallest absolute Gasteiger partial charge is 0.354 e. The van der Waals surface area contributed by atoms with Gasteiger partial charge in [-0.25, -0.2) is 0 Å². The molecule has 0 unspecified atom stereocenters. The first-order valence-corrected chi connectivity index (χ1v) is 8.00. The minimum absolute atomic E-state index is 0. The monoisotopic (exact) mass is 486 g/mol. The summed E-state index contributed by atoms with van der Waals surface area (Å²) in [7, 11) is 3.41. The number of alkyl halides is 3. The van der Waals surface area contributed by atoms with Crippen LogP contribution < -0.4 is 10.6 Å². The number of nitrogens with one attached hydrogen (secondary N) is 2. The summed E-state index contributed by atoms with van der Waals surface area (Å²) < 4.78 is 37.7. The Morgan fingerprint density at radius 2 is 1.69 bits per heavy atom. The number of carbonyl (C=O) groups excluding carboxylic acids is 1. The van der Waals surface area contributed by atoms with E-state index in [1.165, 1.54) is 12.1 Å². The van der Waals surface area contributed by atoms with Crippen molar-refractivity contribution in [1.82, 2.24) is 15.5 Å². The molecule has 0 heterocycles. The highest BCUT2D eigenvalue weighted by Gasteiger charge is 2.29. The Kier molecular flexibility index (Phi) is 10.6. The average molecular weight is 486 g/mol. The largest absolute Gasteiger partial charge is 0.416 e. The van der Waals surface area contributed by atoms with Crippen molar-refractivity contribution in [1.29, 1.82) is 0 Å². The Bertz CT molecular complexity index is 589. The Morgan fingerprint density at radius 1 is 1.15 bits per heavy atom. The summed E-state index contributed by atoms with van der Waals surface area (Å²) >= 11 is 0. The van der Waals surface area contributed by atoms with E-state index in [9.17, 15) is 18.0 Å². The molecule has 0 spiro atoms. The van der Waals surface area contributed by atoms with Crippen molar-refractivity contribution in [3.63, 3.8) is 0 Å². The number of amides is 1. The van der Waals surface area contributed by atoms with Crippen LogP contribution in [0, 0.1) is 5.92 Å². The third kappa shape index (κ3) is 8.24. The van der Waals surface area contributed by atoms with Crippen LogP contribution in [-0.2, 0) is 17.5 Å². The molecule has 9 heteroatoms. The summed E-state index contributed by atoms with van der Waals surface area (Å²) in [6.07, 6.45) is -4.33. The lowest BCUT2D eigenvalue weighted by atomic mass is 10.1. The molecule has 1 aromatic carbocycles. The zero-order valence-corrected chi connectivity index (χ0v) is 17.7. The van der Waals surface area contributed by atoms with E-state index in [1.54, 1.807) is 19.0 Å². The molecule has 0 saturated heterocycles. The maximum absolute atomic E-state index is 12.6. The fourth-order valence-corrected chi connectivity index (χ4v) is 2.10. The fourth-order valence-electron chi connectivity index (χ4n) is 2.10. The Morgan fingerprint density at radius 3 is 2.15 bits per heavy atom. The quantitative estimate of drug-likeness (QED) is 0.281. The third-order valence-corrected chi connectivity index (χ3v) is 3.51. The first-order chi connectivity index (χ1) is 11.6. The van der Waals surface area contributed by atoms with Gasteiger partial charge in [0.05, 0.1) is 5.56 Å². The van der Waals surface area contributed by atoms with Crippen LogP contribution in [0.25, 0.3) is 0 Å². The van der Waals surface area contributed by atoms with E-state index < -0.39 is 11.7 Å². The second-order valence-electron chi connectivity index (χ2n) is 5.97. The van der Waals surface area contributed by atoms with Gasteiger partial charge >= 0.3 is 6.18 Å². The zero-order valence-electron chi connectivity index (χ0n) is 15.4. The van der Waals surface area contributed by atoms with Crippen LogP contribution in [0.2, 0.25) is 0 Å². The maximum Gasteiger partial charge on any atom is 0.416 e. The number of rotatable bonds is 6. The molecule has 0 radical (unpaired) electrons. The highest BCUT2D eigenvalue weighted by atomic mass is 127. The first kappa shape index (κ1) is 24.5. The molecule has 0 aliphatic rings. The van der Waals surface area contributed by atoms with Crippen LogP contribution in [-0.4, -0.2) is 44.0 Å². The van der Waals surface area contributed by atoms with Crippen LogP contribution in [0.15, 0.2) is 29.3 Å². The summed E-state index contributed by atoms with van der Waals surface area (Å²) in [5, 5.41) is 5.89. The van der Waals surface area contributed by atoms with Gasteiger partial charge in [-0.2, -0.15) is 13.2 Å². The van der Waals surface area contributed by atoms with Crippen LogP contribution in [0.3, 0.4) is 0 Å². The molecule has 5 nitrogen and oxygen atoms in total. The number of nitrogens with zero attached hydrogens (tertiary/aromatic N) is 2. The second-order valence-corrected chi connectivity index (χ2v) is 5.97. The van der Waals surface area contributed by atoms with Gasteiger partial charge in [-0.05, 0) is 17.7 Å². The molecule has 1 rings (SSSR count). The molecular weight excluding hydrogens is 460 g/mol. The third-order valence-electron chi connectivity index (χ3n) is 3.51. The highest BCUT2D eigenvalue weighted by Crippen LogP contribution is 2.29. The molecule has 148 valence electrons. The number of hydrogen-bond acceptors (Lipinski definition) is 2. The molecule has 0 atom stereocenters. The molecule has 0 aromatic heterocycles. The Hall–Kier alpha value is -1.52. The normalized spacial score (nSPS) is 11.8. The summed E-state index contributed by atoms with van der Waals surface area (Å²) in [4.78, 5) is 17.4. The number of halogens is 4. The fraction of sp³-hybridized carbons (Fsp3) is 0.529. The van der Waals surface area contributed by atoms with Crippen molar-refractivity contribution in [3.8, 4) is 0 Å². The second kappa shape index (κ2) is 11.2. The number of guanidine groups is 1. The van der Waals surface area contributed by atoms with Crippen LogP contribution in [0.4, 0.5) is 13.2 Å². The molecule has 0 saturated carbocycles. The Labute approximate surface area is 169 Å². The van der Waals surface area contributed by atoms with E-state index in [2.05, 4.69) is 15.6 Å². The molecule has 0 aliphatic carbocycles. The maximum atomic E-state index is 12.6. The molecular formula is C17H26F3IN4O. The minimum Gasteiger partial charge on any atom is -0.354 e. The van der Waals surface area contributed by atoms with Gasteiger partial charge in [0.25, 0.3) is 0 Å². The highest BCUT2D eigenvalue weighted by molar-refractivity contribution is 14.0. The zero-order chi connectivity index (χ0) is 19.0. The van der Waals surface area contributed by atoms with E-state index in [4.69, 9.17) is 0 Å². The van der Waals surface area contributed by atoms with Gasteiger partial charge < -0.3 is 15.5 Å². The van der Waals surface area contributed by atoms with Gasteiger partial charge in [0.15, 0.2) is 5.96 Å². The lowest BCUT2D eigenvalue weighted by Gasteiger charge is -2.22. The van der Waals surface area contributed by atoms with E-state index in [0.717, 1.165) is 17.7 Å². The average Bonchev–Trinajstić information content (AvgIpc) is 2.54. The number of aliphatic imine (C=N–C) groups is 1. The van der Waals surface area contributed by atoms with E-state index >= 15 is 0 Å². The van der Waals surface area contributed by atoms with Gasteiger partial charge in [0, 0.05) is 39.6 Å². The molecule has 1 amide bonds. The Balaban J connectivity index is 0.00000625. The van der Waals surface area contributed by atoms with Crippen LogP contribution in [0.5, 0.6) is 0 Å². The predicted octanol–water partition coefficient (Wildman–Crippen LogP) is 3.10. The van der Waals surface area contributed by atoms with Gasteiger partial charge in [0.1, 0.15) is 0 Å². The van der Waals surface area contributed by atoms with Crippen LogP contribution >= 0.6 is 24.0 Å². The molecule has 0 aliphatic heterocycles. The SMILES string of the molecule is CN=C(NCCNC(=O)C(C)C)N(C)Cc1ccc(C(F)(F)F)cc1.I. The van der Waals surface area contributed by atoms with Crippen LogP contribution in [0.1, 0.15) is 25.0 Å². The molecule has 1 aromatic rings. The predicted molar refractivity (Wildman–Crippen MR) is 108 cm³/mol. The summed E-state index contributed by atoms with van der Waals surface area (Å²) in [6, 6.07) is 5.05. The minimum atomic E-state index is -4.33. The lowest BCUT2D eigenvalue weighted by molar-refractivity contribution is -0.137. The van der Waals surface area contributed by atoms with Crippen molar-refractivity contribution in [2.75, 3.05) is 27.2 Å². The number of benzene rings is 1.